The highest BCUT2D eigenvalue weighted by Crippen LogP contribution is 2.28. The van der Waals surface area contributed by atoms with E-state index in [1.54, 1.807) is 12.4 Å². The van der Waals surface area contributed by atoms with Crippen LogP contribution in [0.25, 0.3) is 17.1 Å². The fourth-order valence-electron chi connectivity index (χ4n) is 3.42. The van der Waals surface area contributed by atoms with Gasteiger partial charge in [-0.15, -0.1) is 10.2 Å². The van der Waals surface area contributed by atoms with Crippen LogP contribution in [0.5, 0.6) is 11.5 Å². The number of hydrogen-bond donors (Lipinski definition) is 1. The molecular weight excluding hydrogens is 458 g/mol. The fraction of sp³-hybridized carbons (Fsp3) is 0.0370. The Labute approximate surface area is 206 Å². The van der Waals surface area contributed by atoms with Crippen LogP contribution < -0.4 is 10.1 Å². The van der Waals surface area contributed by atoms with Crippen LogP contribution in [-0.2, 0) is 4.79 Å². The lowest BCUT2D eigenvalue weighted by atomic mass is 10.2. The molecule has 172 valence electrons. The summed E-state index contributed by atoms with van der Waals surface area (Å²) in [5.74, 6) is 2.19. The zero-order valence-electron chi connectivity index (χ0n) is 18.6. The lowest BCUT2D eigenvalue weighted by Gasteiger charge is -2.10. The summed E-state index contributed by atoms with van der Waals surface area (Å²) in [6.45, 7) is 0. The molecule has 0 saturated heterocycles. The van der Waals surface area contributed by atoms with Gasteiger partial charge in [-0.05, 0) is 60.7 Å². The van der Waals surface area contributed by atoms with Gasteiger partial charge in [-0.2, -0.15) is 0 Å². The number of ether oxygens (including phenoxy) is 1. The van der Waals surface area contributed by atoms with Gasteiger partial charge in [0.05, 0.1) is 5.75 Å². The molecule has 0 saturated carbocycles. The van der Waals surface area contributed by atoms with Crippen LogP contribution in [-0.4, -0.2) is 31.4 Å². The maximum Gasteiger partial charge on any atom is 0.234 e. The van der Waals surface area contributed by atoms with Crippen LogP contribution in [0.3, 0.4) is 0 Å². The molecule has 0 fully saturated rings. The highest BCUT2D eigenvalue weighted by molar-refractivity contribution is 7.99. The zero-order valence-corrected chi connectivity index (χ0v) is 19.4. The van der Waals surface area contributed by atoms with Gasteiger partial charge in [0.1, 0.15) is 11.5 Å². The number of benzene rings is 3. The van der Waals surface area contributed by atoms with Gasteiger partial charge in [-0.25, -0.2) is 0 Å². The smallest absolute Gasteiger partial charge is 0.234 e. The molecule has 0 atom stereocenters. The monoisotopic (exact) mass is 479 g/mol. The van der Waals surface area contributed by atoms with E-state index >= 15 is 0 Å². The third-order valence-electron chi connectivity index (χ3n) is 5.04. The Balaban J connectivity index is 1.26. The average Bonchev–Trinajstić information content (AvgIpc) is 3.34. The van der Waals surface area contributed by atoms with E-state index in [0.717, 1.165) is 17.0 Å². The Morgan fingerprint density at radius 2 is 1.46 bits per heavy atom. The van der Waals surface area contributed by atoms with Crippen LogP contribution in [0.2, 0.25) is 0 Å². The topological polar surface area (TPSA) is 81.9 Å². The Morgan fingerprint density at radius 3 is 2.17 bits per heavy atom. The molecule has 5 rings (SSSR count). The van der Waals surface area contributed by atoms with Crippen molar-refractivity contribution in [3.05, 3.63) is 109 Å². The summed E-state index contributed by atoms with van der Waals surface area (Å²) in [4.78, 5) is 16.7. The highest BCUT2D eigenvalue weighted by Gasteiger charge is 2.17. The fourth-order valence-corrected chi connectivity index (χ4v) is 4.17. The Morgan fingerprint density at radius 1 is 0.800 bits per heavy atom. The number of carbonyl (C=O) groups is 1. The van der Waals surface area contributed by atoms with E-state index in [4.69, 9.17) is 4.74 Å². The van der Waals surface area contributed by atoms with Gasteiger partial charge in [0.25, 0.3) is 0 Å². The number of aromatic nitrogens is 4. The molecule has 0 aliphatic heterocycles. The molecule has 0 unspecified atom stereocenters. The number of carbonyl (C=O) groups excluding carboxylic acids is 1. The van der Waals surface area contributed by atoms with Crippen molar-refractivity contribution in [3.63, 3.8) is 0 Å². The second-order valence-electron chi connectivity index (χ2n) is 7.49. The second kappa shape index (κ2) is 10.7. The van der Waals surface area contributed by atoms with Crippen molar-refractivity contribution in [2.75, 3.05) is 11.1 Å². The molecule has 35 heavy (non-hydrogen) atoms. The van der Waals surface area contributed by atoms with Crippen LogP contribution in [0.15, 0.2) is 115 Å². The number of rotatable bonds is 8. The molecular formula is C27H21N5O2S. The lowest BCUT2D eigenvalue weighted by Crippen LogP contribution is -2.14. The first-order chi connectivity index (χ1) is 17.3. The van der Waals surface area contributed by atoms with Crippen molar-refractivity contribution in [1.29, 1.82) is 0 Å². The number of amides is 1. The minimum atomic E-state index is -0.139. The molecule has 3 aromatic carbocycles. The van der Waals surface area contributed by atoms with Gasteiger partial charge in [0, 0.05) is 29.3 Å². The van der Waals surface area contributed by atoms with E-state index < -0.39 is 0 Å². The molecule has 0 aliphatic rings. The second-order valence-corrected chi connectivity index (χ2v) is 8.43. The molecule has 1 amide bonds. The number of pyridine rings is 1. The normalized spacial score (nSPS) is 10.6. The summed E-state index contributed by atoms with van der Waals surface area (Å²) in [5, 5.41) is 12.3. The minimum absolute atomic E-state index is 0.139. The molecule has 0 bridgehead atoms. The van der Waals surface area contributed by atoms with Gasteiger partial charge in [-0.3, -0.25) is 14.3 Å². The van der Waals surface area contributed by atoms with E-state index in [1.807, 2.05) is 102 Å². The quantitative estimate of drug-likeness (QED) is 0.281. The SMILES string of the molecule is O=C(CSc1nnc(-c2ccncc2)n1-c1ccccc1)Nc1ccc(Oc2ccccc2)cc1. The molecule has 0 spiro atoms. The van der Waals surface area contributed by atoms with E-state index in [0.29, 0.717) is 22.4 Å². The maximum atomic E-state index is 12.7. The maximum absolute atomic E-state index is 12.7. The Kier molecular flexibility index (Phi) is 6.82. The third-order valence-corrected chi connectivity index (χ3v) is 5.96. The third kappa shape index (κ3) is 5.56. The summed E-state index contributed by atoms with van der Waals surface area (Å²) in [5.41, 5.74) is 2.50. The Hall–Kier alpha value is -4.43. The first kappa shape index (κ1) is 22.4. The van der Waals surface area contributed by atoms with Gasteiger partial charge < -0.3 is 10.1 Å². The van der Waals surface area contributed by atoms with Gasteiger partial charge in [-0.1, -0.05) is 48.2 Å². The number of nitrogens with one attached hydrogen (secondary N) is 1. The largest absolute Gasteiger partial charge is 0.457 e. The molecule has 0 aliphatic carbocycles. The summed E-state index contributed by atoms with van der Waals surface area (Å²) < 4.78 is 7.75. The average molecular weight is 480 g/mol. The molecule has 1 N–H and O–H groups in total. The van der Waals surface area contributed by atoms with Crippen molar-refractivity contribution in [2.45, 2.75) is 5.16 Å². The van der Waals surface area contributed by atoms with Gasteiger partial charge >= 0.3 is 0 Å². The van der Waals surface area contributed by atoms with E-state index in [-0.39, 0.29) is 11.7 Å². The number of hydrogen-bond acceptors (Lipinski definition) is 6. The molecule has 7 nitrogen and oxygen atoms in total. The molecule has 2 aromatic heterocycles. The number of anilines is 1. The van der Waals surface area contributed by atoms with Crippen molar-refractivity contribution in [1.82, 2.24) is 19.7 Å². The highest BCUT2D eigenvalue weighted by atomic mass is 32.2. The predicted molar refractivity (Wildman–Crippen MR) is 137 cm³/mol. The molecule has 5 aromatic rings. The number of para-hydroxylation sites is 2. The number of nitrogens with zero attached hydrogens (tertiary/aromatic N) is 4. The molecule has 8 heteroatoms. The lowest BCUT2D eigenvalue weighted by molar-refractivity contribution is -0.113. The summed E-state index contributed by atoms with van der Waals surface area (Å²) in [6, 6.07) is 30.4. The van der Waals surface area contributed by atoms with E-state index in [9.17, 15) is 4.79 Å². The summed E-state index contributed by atoms with van der Waals surface area (Å²) in [7, 11) is 0. The van der Waals surface area contributed by atoms with Gasteiger partial charge in [0.2, 0.25) is 5.91 Å². The summed E-state index contributed by atoms with van der Waals surface area (Å²) >= 11 is 1.33. The van der Waals surface area contributed by atoms with Crippen molar-refractivity contribution in [2.24, 2.45) is 0 Å². The van der Waals surface area contributed by atoms with Gasteiger partial charge in [0.15, 0.2) is 11.0 Å². The molecule has 2 heterocycles. The van der Waals surface area contributed by atoms with Crippen molar-refractivity contribution in [3.8, 4) is 28.6 Å². The van der Waals surface area contributed by atoms with Crippen LogP contribution >= 0.6 is 11.8 Å². The van der Waals surface area contributed by atoms with Crippen LogP contribution in [0.1, 0.15) is 0 Å². The van der Waals surface area contributed by atoms with Crippen LogP contribution in [0.4, 0.5) is 5.69 Å². The summed E-state index contributed by atoms with van der Waals surface area (Å²) in [6.07, 6.45) is 3.44. The molecule has 0 radical (unpaired) electrons. The predicted octanol–water partition coefficient (Wildman–Crippen LogP) is 5.85. The Bertz CT molecular complexity index is 1390. The number of thioether (sulfide) groups is 1. The minimum Gasteiger partial charge on any atom is -0.457 e. The van der Waals surface area contributed by atoms with E-state index in [2.05, 4.69) is 20.5 Å². The first-order valence-corrected chi connectivity index (χ1v) is 11.9. The first-order valence-electron chi connectivity index (χ1n) is 10.9. The standard InChI is InChI=1S/C27H21N5O2S/c33-25(29-21-11-13-24(14-12-21)34-23-9-5-2-6-10-23)19-35-27-31-30-26(20-15-17-28-18-16-20)32(27)22-7-3-1-4-8-22/h1-18H,19H2,(H,29,33). The van der Waals surface area contributed by atoms with Crippen molar-refractivity contribution < 1.29 is 9.53 Å². The van der Waals surface area contributed by atoms with Crippen LogP contribution in [0, 0.1) is 0 Å². The van der Waals surface area contributed by atoms with E-state index in [1.165, 1.54) is 11.8 Å². The zero-order chi connectivity index (χ0) is 23.9. The van der Waals surface area contributed by atoms with Crippen molar-refractivity contribution >= 4 is 23.4 Å².